The van der Waals surface area contributed by atoms with Crippen molar-refractivity contribution in [1.82, 2.24) is 9.55 Å². The van der Waals surface area contributed by atoms with Crippen molar-refractivity contribution < 1.29 is 4.79 Å². The Morgan fingerprint density at radius 1 is 1.19 bits per heavy atom. The third-order valence-electron chi connectivity index (χ3n) is 3.47. The van der Waals surface area contributed by atoms with E-state index in [1.54, 1.807) is 12.3 Å². The maximum atomic E-state index is 12.3. The first-order chi connectivity index (χ1) is 10.2. The van der Waals surface area contributed by atoms with Crippen LogP contribution in [-0.4, -0.2) is 15.8 Å². The van der Waals surface area contributed by atoms with Gasteiger partial charge in [0.25, 0.3) is 5.56 Å². The molecule has 0 saturated heterocycles. The van der Waals surface area contributed by atoms with E-state index in [0.29, 0.717) is 0 Å². The van der Waals surface area contributed by atoms with Crippen LogP contribution in [0.1, 0.15) is 5.56 Å². The molecule has 2 aromatic heterocycles. The Hall–Kier alpha value is -2.75. The van der Waals surface area contributed by atoms with Crippen LogP contribution < -0.4 is 5.56 Å². The molecule has 0 saturated carbocycles. The van der Waals surface area contributed by atoms with Crippen molar-refractivity contribution in [2.75, 3.05) is 0 Å². The van der Waals surface area contributed by atoms with Crippen molar-refractivity contribution >= 4 is 17.2 Å². The summed E-state index contributed by atoms with van der Waals surface area (Å²) in [5.74, 6) is 0. The summed E-state index contributed by atoms with van der Waals surface area (Å²) in [6.45, 7) is 2.02. The molecule has 2 heterocycles. The molecular formula is C17H14N2O2. The molecule has 1 aromatic carbocycles. The average Bonchev–Trinajstić information content (AvgIpc) is 2.50. The highest BCUT2D eigenvalue weighted by Gasteiger charge is 2.11. The zero-order valence-electron chi connectivity index (χ0n) is 11.6. The van der Waals surface area contributed by atoms with Gasteiger partial charge in [-0.2, -0.15) is 0 Å². The number of hydrogen-bond donors (Lipinski definition) is 0. The van der Waals surface area contributed by atoms with E-state index in [1.165, 1.54) is 4.57 Å². The number of hydrogen-bond acceptors (Lipinski definition) is 3. The van der Waals surface area contributed by atoms with Gasteiger partial charge in [-0.3, -0.25) is 9.78 Å². The van der Waals surface area contributed by atoms with Crippen LogP contribution in [0.2, 0.25) is 0 Å². The van der Waals surface area contributed by atoms with Crippen molar-refractivity contribution in [1.29, 1.82) is 0 Å². The highest BCUT2D eigenvalue weighted by molar-refractivity contribution is 5.94. The highest BCUT2D eigenvalue weighted by Crippen LogP contribution is 2.26. The van der Waals surface area contributed by atoms with Crippen molar-refractivity contribution in [3.05, 3.63) is 64.6 Å². The predicted molar refractivity (Wildman–Crippen MR) is 82.2 cm³/mol. The van der Waals surface area contributed by atoms with Gasteiger partial charge < -0.3 is 9.36 Å². The molecule has 0 radical (unpaired) electrons. The summed E-state index contributed by atoms with van der Waals surface area (Å²) in [5, 5.41) is 0.917. The van der Waals surface area contributed by atoms with Gasteiger partial charge in [0.2, 0.25) is 0 Å². The number of aromatic nitrogens is 2. The lowest BCUT2D eigenvalue weighted by Gasteiger charge is -2.12. The number of carbonyl (C=O) groups excluding carboxylic acids is 1. The van der Waals surface area contributed by atoms with Crippen LogP contribution in [-0.2, 0) is 11.3 Å². The van der Waals surface area contributed by atoms with Gasteiger partial charge in [-0.25, -0.2) is 0 Å². The minimum Gasteiger partial charge on any atom is -0.301 e. The minimum atomic E-state index is -0.194. The Morgan fingerprint density at radius 2 is 2.05 bits per heavy atom. The van der Waals surface area contributed by atoms with Gasteiger partial charge in [0.15, 0.2) is 0 Å². The molecule has 0 fully saturated rings. The summed E-state index contributed by atoms with van der Waals surface area (Å²) in [6, 6.07) is 13.0. The number of carbonyl (C=O) groups is 1. The summed E-state index contributed by atoms with van der Waals surface area (Å²) in [7, 11) is 0. The number of fused-ring (bicyclic) bond motifs is 1. The Kier molecular flexibility index (Phi) is 3.36. The standard InChI is InChI=1S/C17H14N2O2/c1-12-5-6-13-14(15-4-2-3-7-18-15)11-17(21)19(8-9-20)16(13)10-12/h2-7,9-11H,8H2,1H3. The molecule has 0 atom stereocenters. The quantitative estimate of drug-likeness (QED) is 0.692. The van der Waals surface area contributed by atoms with Crippen LogP contribution >= 0.6 is 0 Å². The maximum Gasteiger partial charge on any atom is 0.252 e. The van der Waals surface area contributed by atoms with Gasteiger partial charge in [0.1, 0.15) is 6.29 Å². The molecular weight excluding hydrogens is 264 g/mol. The zero-order valence-corrected chi connectivity index (χ0v) is 11.6. The Labute approximate surface area is 121 Å². The minimum absolute atomic E-state index is 0.0568. The highest BCUT2D eigenvalue weighted by atomic mass is 16.1. The number of rotatable bonds is 3. The van der Waals surface area contributed by atoms with Gasteiger partial charge in [0.05, 0.1) is 17.8 Å². The molecule has 0 amide bonds. The average molecular weight is 278 g/mol. The number of aldehydes is 1. The van der Waals surface area contributed by atoms with Gasteiger partial charge in [-0.15, -0.1) is 0 Å². The first-order valence-electron chi connectivity index (χ1n) is 6.70. The molecule has 3 rings (SSSR count). The van der Waals surface area contributed by atoms with Gasteiger partial charge in [0, 0.05) is 23.2 Å². The van der Waals surface area contributed by atoms with Crippen LogP contribution in [0.4, 0.5) is 0 Å². The number of nitrogens with zero attached hydrogens (tertiary/aromatic N) is 2. The molecule has 104 valence electrons. The monoisotopic (exact) mass is 278 g/mol. The third kappa shape index (κ3) is 2.36. The fourth-order valence-electron chi connectivity index (χ4n) is 2.49. The molecule has 0 aliphatic heterocycles. The zero-order chi connectivity index (χ0) is 14.8. The predicted octanol–water partition coefficient (Wildman–Crippen LogP) is 2.57. The van der Waals surface area contributed by atoms with Gasteiger partial charge in [-0.05, 0) is 30.7 Å². The van der Waals surface area contributed by atoms with Crippen molar-refractivity contribution in [2.45, 2.75) is 13.5 Å². The summed E-state index contributed by atoms with van der Waals surface area (Å²) >= 11 is 0. The van der Waals surface area contributed by atoms with Crippen LogP contribution in [0.3, 0.4) is 0 Å². The number of pyridine rings is 2. The van der Waals surface area contributed by atoms with Crippen LogP contribution in [0, 0.1) is 6.92 Å². The molecule has 21 heavy (non-hydrogen) atoms. The van der Waals surface area contributed by atoms with E-state index in [9.17, 15) is 9.59 Å². The van der Waals surface area contributed by atoms with E-state index < -0.39 is 0 Å². The number of aryl methyl sites for hydroxylation is 1. The fourth-order valence-corrected chi connectivity index (χ4v) is 2.49. The summed E-state index contributed by atoms with van der Waals surface area (Å²) in [6.07, 6.45) is 2.44. The lowest BCUT2D eigenvalue weighted by atomic mass is 10.0. The van der Waals surface area contributed by atoms with Gasteiger partial charge in [-0.1, -0.05) is 18.2 Å². The van der Waals surface area contributed by atoms with Crippen molar-refractivity contribution in [2.24, 2.45) is 0 Å². The van der Waals surface area contributed by atoms with E-state index in [2.05, 4.69) is 4.98 Å². The van der Waals surface area contributed by atoms with Gasteiger partial charge >= 0.3 is 0 Å². The SMILES string of the molecule is Cc1ccc2c(-c3ccccn3)cc(=O)n(CC=O)c2c1. The molecule has 4 nitrogen and oxygen atoms in total. The van der Waals surface area contributed by atoms with E-state index in [0.717, 1.165) is 34.0 Å². The second-order valence-electron chi connectivity index (χ2n) is 4.91. The molecule has 0 aliphatic carbocycles. The summed E-state index contributed by atoms with van der Waals surface area (Å²) < 4.78 is 1.49. The Bertz CT molecular complexity index is 867. The maximum absolute atomic E-state index is 12.3. The molecule has 0 N–H and O–H groups in total. The van der Waals surface area contributed by atoms with Crippen molar-refractivity contribution in [3.63, 3.8) is 0 Å². The second kappa shape index (κ2) is 5.32. The van der Waals surface area contributed by atoms with Crippen LogP contribution in [0.25, 0.3) is 22.2 Å². The molecule has 0 aliphatic rings. The van der Waals surface area contributed by atoms with E-state index in [4.69, 9.17) is 0 Å². The molecule has 0 unspecified atom stereocenters. The summed E-state index contributed by atoms with van der Waals surface area (Å²) in [4.78, 5) is 27.5. The Balaban J connectivity index is 2.40. The number of benzene rings is 1. The Morgan fingerprint density at radius 3 is 2.76 bits per heavy atom. The lowest BCUT2D eigenvalue weighted by Crippen LogP contribution is -2.21. The normalized spacial score (nSPS) is 10.7. The largest absolute Gasteiger partial charge is 0.301 e. The molecule has 3 aromatic rings. The first kappa shape index (κ1) is 13.2. The van der Waals surface area contributed by atoms with E-state index in [1.807, 2.05) is 43.3 Å². The summed E-state index contributed by atoms with van der Waals surface area (Å²) in [5.41, 5.74) is 3.15. The first-order valence-corrected chi connectivity index (χ1v) is 6.70. The van der Waals surface area contributed by atoms with Crippen LogP contribution in [0.5, 0.6) is 0 Å². The molecule has 4 heteroatoms. The second-order valence-corrected chi connectivity index (χ2v) is 4.91. The fraction of sp³-hybridized carbons (Fsp3) is 0.118. The van der Waals surface area contributed by atoms with E-state index in [-0.39, 0.29) is 12.1 Å². The van der Waals surface area contributed by atoms with Crippen LogP contribution in [0.15, 0.2) is 53.5 Å². The molecule has 0 bridgehead atoms. The third-order valence-corrected chi connectivity index (χ3v) is 3.47. The molecule has 0 spiro atoms. The topological polar surface area (TPSA) is 52.0 Å². The lowest BCUT2D eigenvalue weighted by molar-refractivity contribution is -0.108. The van der Waals surface area contributed by atoms with Crippen molar-refractivity contribution in [3.8, 4) is 11.3 Å². The van der Waals surface area contributed by atoms with E-state index >= 15 is 0 Å². The smallest absolute Gasteiger partial charge is 0.252 e.